The Kier molecular flexibility index (Phi) is 5.52. The van der Waals surface area contributed by atoms with Crippen LogP contribution < -0.4 is 10.9 Å². The van der Waals surface area contributed by atoms with Crippen molar-refractivity contribution >= 4 is 5.91 Å². The molecule has 1 aliphatic heterocycles. The Bertz CT molecular complexity index is 535. The fourth-order valence-corrected chi connectivity index (χ4v) is 2.52. The zero-order valence-corrected chi connectivity index (χ0v) is 12.7. The number of nitrogens with zero attached hydrogens (tertiary/aromatic N) is 2. The Balaban J connectivity index is 2.11. The molecule has 6 heteroatoms. The summed E-state index contributed by atoms with van der Waals surface area (Å²) in [5.74, 6) is -0.113. The lowest BCUT2D eigenvalue weighted by molar-refractivity contribution is 0.0679. The van der Waals surface area contributed by atoms with Gasteiger partial charge in [-0.15, -0.1) is 0 Å². The van der Waals surface area contributed by atoms with Crippen molar-refractivity contribution in [2.75, 3.05) is 33.4 Å². The van der Waals surface area contributed by atoms with E-state index < -0.39 is 0 Å². The van der Waals surface area contributed by atoms with Crippen LogP contribution in [0.1, 0.15) is 23.2 Å². The quantitative estimate of drug-likeness (QED) is 0.815. The van der Waals surface area contributed by atoms with Gasteiger partial charge in [-0.25, -0.2) is 0 Å². The third kappa shape index (κ3) is 4.15. The highest BCUT2D eigenvalue weighted by Crippen LogP contribution is 2.10. The molecular formula is C15H23N3O3. The first-order valence-corrected chi connectivity index (χ1v) is 7.30. The van der Waals surface area contributed by atoms with Gasteiger partial charge in [0.1, 0.15) is 0 Å². The largest absolute Gasteiger partial charge is 0.383 e. The lowest BCUT2D eigenvalue weighted by atomic mass is 10.2. The normalized spacial score (nSPS) is 17.9. The van der Waals surface area contributed by atoms with E-state index in [0.29, 0.717) is 31.3 Å². The first kappa shape index (κ1) is 15.7. The standard InChI is InChI=1S/C15H23N3O3/c1-17-7-5-12(10-14(17)19)15(20)18(8-9-21-2)11-13-4-3-6-16-13/h5,7,10,13,16H,3-4,6,8-9,11H2,1-2H3. The van der Waals surface area contributed by atoms with Gasteiger partial charge in [-0.3, -0.25) is 9.59 Å². The Hall–Kier alpha value is -1.66. The topological polar surface area (TPSA) is 63.6 Å². The molecule has 2 rings (SSSR count). The fraction of sp³-hybridized carbons (Fsp3) is 0.600. The molecule has 0 spiro atoms. The van der Waals surface area contributed by atoms with Gasteiger partial charge in [-0.1, -0.05) is 0 Å². The van der Waals surface area contributed by atoms with Crippen LogP contribution in [0.25, 0.3) is 0 Å². The van der Waals surface area contributed by atoms with Gasteiger partial charge in [0.05, 0.1) is 6.61 Å². The van der Waals surface area contributed by atoms with E-state index in [1.54, 1.807) is 31.3 Å². The minimum Gasteiger partial charge on any atom is -0.383 e. The highest BCUT2D eigenvalue weighted by Gasteiger charge is 2.22. The van der Waals surface area contributed by atoms with Gasteiger partial charge in [0.25, 0.3) is 11.5 Å². The molecule has 2 heterocycles. The lowest BCUT2D eigenvalue weighted by Gasteiger charge is -2.25. The van der Waals surface area contributed by atoms with Gasteiger partial charge in [-0.05, 0) is 25.5 Å². The van der Waals surface area contributed by atoms with Crippen molar-refractivity contribution in [3.05, 3.63) is 34.2 Å². The summed E-state index contributed by atoms with van der Waals surface area (Å²) in [5.41, 5.74) is 0.263. The molecule has 1 amide bonds. The number of pyridine rings is 1. The van der Waals surface area contributed by atoms with Gasteiger partial charge in [0.2, 0.25) is 0 Å². The summed E-state index contributed by atoms with van der Waals surface area (Å²) in [6, 6.07) is 3.41. The molecule has 0 radical (unpaired) electrons. The molecule has 0 aromatic carbocycles. The summed E-state index contributed by atoms with van der Waals surface area (Å²) in [6.07, 6.45) is 3.84. The minimum absolute atomic E-state index is 0.113. The molecule has 1 N–H and O–H groups in total. The van der Waals surface area contributed by atoms with E-state index in [0.717, 1.165) is 19.4 Å². The number of hydrogen-bond acceptors (Lipinski definition) is 4. The Morgan fingerprint density at radius 1 is 1.57 bits per heavy atom. The summed E-state index contributed by atoms with van der Waals surface area (Å²) in [5, 5.41) is 3.39. The molecule has 1 aliphatic rings. The zero-order valence-electron chi connectivity index (χ0n) is 12.7. The minimum atomic E-state index is -0.175. The second kappa shape index (κ2) is 7.38. The molecule has 1 aromatic heterocycles. The average Bonchev–Trinajstić information content (AvgIpc) is 2.98. The van der Waals surface area contributed by atoms with Gasteiger partial charge < -0.3 is 19.5 Å². The first-order chi connectivity index (χ1) is 10.1. The SMILES string of the molecule is COCCN(CC1CCCN1)C(=O)c1ccn(C)c(=O)c1. The van der Waals surface area contributed by atoms with E-state index in [1.165, 1.54) is 10.6 Å². The van der Waals surface area contributed by atoms with Crippen LogP contribution in [0, 0.1) is 0 Å². The third-order valence-electron chi connectivity index (χ3n) is 3.81. The second-order valence-electron chi connectivity index (χ2n) is 5.40. The lowest BCUT2D eigenvalue weighted by Crippen LogP contribution is -2.43. The van der Waals surface area contributed by atoms with Crippen molar-refractivity contribution in [3.63, 3.8) is 0 Å². The summed E-state index contributed by atoms with van der Waals surface area (Å²) in [4.78, 5) is 26.0. The zero-order chi connectivity index (χ0) is 15.2. The number of nitrogens with one attached hydrogen (secondary N) is 1. The third-order valence-corrected chi connectivity index (χ3v) is 3.81. The van der Waals surface area contributed by atoms with Crippen molar-refractivity contribution < 1.29 is 9.53 Å². The number of carbonyl (C=O) groups excluding carboxylic acids is 1. The van der Waals surface area contributed by atoms with E-state index in [1.807, 2.05) is 0 Å². The molecule has 1 atom stereocenters. The molecule has 6 nitrogen and oxygen atoms in total. The molecular weight excluding hydrogens is 270 g/mol. The number of aromatic nitrogens is 1. The molecule has 0 aliphatic carbocycles. The van der Waals surface area contributed by atoms with Crippen LogP contribution in [0.3, 0.4) is 0 Å². The van der Waals surface area contributed by atoms with Crippen LogP contribution in [-0.4, -0.2) is 54.8 Å². The molecule has 1 fully saturated rings. The maximum atomic E-state index is 12.6. The van der Waals surface area contributed by atoms with Crippen LogP contribution in [0.15, 0.2) is 23.1 Å². The van der Waals surface area contributed by atoms with Gasteiger partial charge in [-0.2, -0.15) is 0 Å². The molecule has 21 heavy (non-hydrogen) atoms. The van der Waals surface area contributed by atoms with Crippen molar-refractivity contribution in [2.45, 2.75) is 18.9 Å². The van der Waals surface area contributed by atoms with Crippen molar-refractivity contribution in [1.29, 1.82) is 0 Å². The molecule has 116 valence electrons. The second-order valence-corrected chi connectivity index (χ2v) is 5.40. The molecule has 0 bridgehead atoms. The monoisotopic (exact) mass is 293 g/mol. The van der Waals surface area contributed by atoms with E-state index >= 15 is 0 Å². The predicted molar refractivity (Wildman–Crippen MR) is 80.5 cm³/mol. The number of aryl methyl sites for hydroxylation is 1. The fourth-order valence-electron chi connectivity index (χ4n) is 2.52. The maximum Gasteiger partial charge on any atom is 0.254 e. The van der Waals surface area contributed by atoms with Crippen molar-refractivity contribution in [3.8, 4) is 0 Å². The van der Waals surface area contributed by atoms with Crippen LogP contribution in [-0.2, 0) is 11.8 Å². The first-order valence-electron chi connectivity index (χ1n) is 7.30. The summed E-state index contributed by atoms with van der Waals surface area (Å²) in [7, 11) is 3.29. The number of hydrogen-bond donors (Lipinski definition) is 1. The smallest absolute Gasteiger partial charge is 0.254 e. The maximum absolute atomic E-state index is 12.6. The Morgan fingerprint density at radius 3 is 3.00 bits per heavy atom. The van der Waals surface area contributed by atoms with Gasteiger partial charge >= 0.3 is 0 Å². The van der Waals surface area contributed by atoms with E-state index in [9.17, 15) is 9.59 Å². The Labute approximate surface area is 124 Å². The van der Waals surface area contributed by atoms with Crippen molar-refractivity contribution in [1.82, 2.24) is 14.8 Å². The molecule has 1 unspecified atom stereocenters. The number of methoxy groups -OCH3 is 1. The number of ether oxygens (including phenoxy) is 1. The number of rotatable bonds is 6. The van der Waals surface area contributed by atoms with Crippen molar-refractivity contribution in [2.24, 2.45) is 7.05 Å². The van der Waals surface area contributed by atoms with E-state index in [-0.39, 0.29) is 11.5 Å². The highest BCUT2D eigenvalue weighted by atomic mass is 16.5. The molecule has 0 saturated carbocycles. The van der Waals surface area contributed by atoms with Crippen LogP contribution in [0.4, 0.5) is 0 Å². The average molecular weight is 293 g/mol. The van der Waals surface area contributed by atoms with Gasteiger partial charge in [0.15, 0.2) is 0 Å². The van der Waals surface area contributed by atoms with E-state index in [2.05, 4.69) is 5.32 Å². The number of carbonyl (C=O) groups is 1. The summed E-state index contributed by atoms with van der Waals surface area (Å²) >= 11 is 0. The molecule has 1 aromatic rings. The predicted octanol–water partition coefficient (Wildman–Crippen LogP) is 0.226. The summed E-state index contributed by atoms with van der Waals surface area (Å²) in [6.45, 7) is 2.67. The van der Waals surface area contributed by atoms with Crippen LogP contribution in [0.5, 0.6) is 0 Å². The van der Waals surface area contributed by atoms with Crippen LogP contribution in [0.2, 0.25) is 0 Å². The van der Waals surface area contributed by atoms with Crippen LogP contribution >= 0.6 is 0 Å². The highest BCUT2D eigenvalue weighted by molar-refractivity contribution is 5.94. The van der Waals surface area contributed by atoms with Gasteiger partial charge in [0, 0.05) is 51.1 Å². The number of amides is 1. The molecule has 1 saturated heterocycles. The Morgan fingerprint density at radius 2 is 2.38 bits per heavy atom. The van der Waals surface area contributed by atoms with E-state index in [4.69, 9.17) is 4.74 Å². The summed E-state index contributed by atoms with van der Waals surface area (Å²) < 4.78 is 6.54.